The average molecular weight is 471 g/mol. The van der Waals surface area contributed by atoms with Crippen LogP contribution in [-0.4, -0.2) is 47.7 Å². The van der Waals surface area contributed by atoms with Crippen molar-refractivity contribution in [3.05, 3.63) is 58.4 Å². The number of benzene rings is 1. The maximum absolute atomic E-state index is 15.3. The van der Waals surface area contributed by atoms with Gasteiger partial charge in [0.05, 0.1) is 18.5 Å². The Hall–Kier alpha value is -2.51. The number of carbonyl (C=O) groups is 1. The van der Waals surface area contributed by atoms with Crippen molar-refractivity contribution in [2.75, 3.05) is 26.7 Å². The van der Waals surface area contributed by atoms with Gasteiger partial charge in [-0.3, -0.25) is 9.78 Å². The predicted octanol–water partition coefficient (Wildman–Crippen LogP) is 5.75. The molecule has 1 fully saturated rings. The van der Waals surface area contributed by atoms with E-state index in [4.69, 9.17) is 4.74 Å². The van der Waals surface area contributed by atoms with Crippen LogP contribution < -0.4 is 4.74 Å². The Morgan fingerprint density at radius 1 is 1.36 bits per heavy atom. The van der Waals surface area contributed by atoms with Gasteiger partial charge in [0, 0.05) is 18.1 Å². The van der Waals surface area contributed by atoms with Crippen LogP contribution in [0.25, 0.3) is 10.9 Å². The van der Waals surface area contributed by atoms with Gasteiger partial charge in [0.25, 0.3) is 0 Å². The second-order valence-corrected chi connectivity index (χ2v) is 9.64. The van der Waals surface area contributed by atoms with Crippen molar-refractivity contribution < 1.29 is 19.0 Å². The van der Waals surface area contributed by atoms with Gasteiger partial charge in [-0.2, -0.15) is 11.3 Å². The fourth-order valence-electron chi connectivity index (χ4n) is 4.90. The Morgan fingerprint density at radius 2 is 2.24 bits per heavy atom. The molecule has 0 radical (unpaired) electrons. The zero-order valence-corrected chi connectivity index (χ0v) is 19.8. The molecule has 33 heavy (non-hydrogen) atoms. The van der Waals surface area contributed by atoms with Gasteiger partial charge in [-0.15, -0.1) is 0 Å². The second-order valence-electron chi connectivity index (χ2n) is 8.86. The van der Waals surface area contributed by atoms with Gasteiger partial charge in [-0.1, -0.05) is 0 Å². The van der Waals surface area contributed by atoms with Gasteiger partial charge in [0.2, 0.25) is 0 Å². The number of pyridine rings is 1. The number of aryl methyl sites for hydroxylation is 1. The molecule has 176 valence electrons. The van der Waals surface area contributed by atoms with Gasteiger partial charge in [0.1, 0.15) is 11.9 Å². The molecule has 1 aromatic carbocycles. The number of hydrogen-bond acceptors (Lipinski definition) is 5. The maximum Gasteiger partial charge on any atom is 0.308 e. The molecule has 3 heterocycles. The Labute approximate surface area is 198 Å². The number of thiophene rings is 1. The molecule has 0 saturated carbocycles. The van der Waals surface area contributed by atoms with E-state index in [1.54, 1.807) is 30.7 Å². The van der Waals surface area contributed by atoms with E-state index in [-0.39, 0.29) is 5.92 Å². The summed E-state index contributed by atoms with van der Waals surface area (Å²) in [5, 5.41) is 14.8. The van der Waals surface area contributed by atoms with Crippen LogP contribution in [0.3, 0.4) is 0 Å². The third-order valence-corrected chi connectivity index (χ3v) is 7.52. The first kappa shape index (κ1) is 23.6. The Balaban J connectivity index is 1.34. The average Bonchev–Trinajstić information content (AvgIpc) is 3.35. The highest BCUT2D eigenvalue weighted by Crippen LogP contribution is 2.35. The topological polar surface area (TPSA) is 62.7 Å². The smallest absolute Gasteiger partial charge is 0.308 e. The highest BCUT2D eigenvalue weighted by Gasteiger charge is 2.34. The third-order valence-electron chi connectivity index (χ3n) is 6.79. The van der Waals surface area contributed by atoms with Gasteiger partial charge < -0.3 is 14.7 Å². The molecular weight excluding hydrogens is 439 g/mol. The van der Waals surface area contributed by atoms with Crippen molar-refractivity contribution in [3.63, 3.8) is 0 Å². The lowest BCUT2D eigenvalue weighted by Crippen LogP contribution is -2.44. The monoisotopic (exact) mass is 470 g/mol. The van der Waals surface area contributed by atoms with Gasteiger partial charge in [-0.25, -0.2) is 4.39 Å². The number of aromatic nitrogens is 1. The van der Waals surface area contributed by atoms with Crippen LogP contribution in [0.5, 0.6) is 5.75 Å². The first-order valence-corrected chi connectivity index (χ1v) is 12.5. The summed E-state index contributed by atoms with van der Waals surface area (Å²) in [4.78, 5) is 18.6. The summed E-state index contributed by atoms with van der Waals surface area (Å²) < 4.78 is 20.6. The minimum atomic E-state index is -1.17. The number of methoxy groups -OCH3 is 1. The summed E-state index contributed by atoms with van der Waals surface area (Å²) in [7, 11) is 1.59. The third kappa shape index (κ3) is 5.89. The first-order chi connectivity index (χ1) is 16.0. The summed E-state index contributed by atoms with van der Waals surface area (Å²) >= 11 is 1.71. The Morgan fingerprint density at radius 3 is 3.00 bits per heavy atom. The molecule has 4 rings (SSSR count). The zero-order valence-electron chi connectivity index (χ0n) is 19.0. The molecule has 3 aromatic rings. The molecule has 0 unspecified atom stereocenters. The lowest BCUT2D eigenvalue weighted by atomic mass is 9.81. The number of fused-ring (bicyclic) bond motifs is 1. The molecule has 1 aliphatic heterocycles. The molecular formula is C26H31FN2O3S. The van der Waals surface area contributed by atoms with Crippen molar-refractivity contribution in [1.29, 1.82) is 0 Å². The summed E-state index contributed by atoms with van der Waals surface area (Å²) in [6.07, 6.45) is 4.19. The number of piperidine rings is 1. The molecule has 0 spiro atoms. The fraction of sp³-hybridized carbons (Fsp3) is 0.462. The summed E-state index contributed by atoms with van der Waals surface area (Å²) in [6.45, 7) is 2.34. The van der Waals surface area contributed by atoms with E-state index in [2.05, 4.69) is 26.7 Å². The minimum Gasteiger partial charge on any atom is -0.497 e. The number of hydrogen-bond donors (Lipinski definition) is 1. The second kappa shape index (κ2) is 11.1. The van der Waals surface area contributed by atoms with E-state index in [9.17, 15) is 9.90 Å². The number of ether oxygens (including phenoxy) is 1. The molecule has 2 aromatic heterocycles. The molecule has 0 amide bonds. The van der Waals surface area contributed by atoms with E-state index in [1.807, 2.05) is 18.2 Å². The van der Waals surface area contributed by atoms with E-state index in [0.29, 0.717) is 30.7 Å². The van der Waals surface area contributed by atoms with Crippen LogP contribution in [0, 0.1) is 11.8 Å². The number of likely N-dealkylation sites (tertiary alicyclic amines) is 1. The lowest BCUT2D eigenvalue weighted by Gasteiger charge is -2.36. The summed E-state index contributed by atoms with van der Waals surface area (Å²) in [5.41, 5.74) is 2.67. The minimum absolute atomic E-state index is 0.00323. The van der Waals surface area contributed by atoms with Crippen molar-refractivity contribution in [3.8, 4) is 5.75 Å². The van der Waals surface area contributed by atoms with Crippen molar-refractivity contribution in [2.45, 2.75) is 38.3 Å². The van der Waals surface area contributed by atoms with Crippen LogP contribution in [0.15, 0.2) is 47.3 Å². The molecule has 5 nitrogen and oxygen atoms in total. The van der Waals surface area contributed by atoms with E-state index < -0.39 is 18.1 Å². The van der Waals surface area contributed by atoms with E-state index in [1.165, 1.54) is 5.56 Å². The van der Waals surface area contributed by atoms with Gasteiger partial charge >= 0.3 is 5.97 Å². The standard InChI is InChI=1S/C26H31FN2O3S/c1-32-20-5-7-25-22(15-20)21(8-11-28-25)24(27)6-4-19-9-13-29(16-23(19)26(30)31)12-2-3-18-10-14-33-17-18/h5,7-8,10-11,14-15,17,19,23-24H,2-4,6,9,12-13,16H2,1H3,(H,30,31)/t19-,23+,24-/m1/s1. The maximum atomic E-state index is 15.3. The number of alkyl halides is 1. The number of rotatable bonds is 10. The summed E-state index contributed by atoms with van der Waals surface area (Å²) in [6, 6.07) is 9.33. The van der Waals surface area contributed by atoms with Gasteiger partial charge in [-0.05, 0) is 103 Å². The van der Waals surface area contributed by atoms with Crippen molar-refractivity contribution in [2.24, 2.45) is 11.8 Å². The van der Waals surface area contributed by atoms with Gasteiger partial charge in [0.15, 0.2) is 0 Å². The number of carboxylic acid groups (broad SMARTS) is 1. The van der Waals surface area contributed by atoms with Crippen LogP contribution in [0.1, 0.15) is 43.0 Å². The summed E-state index contributed by atoms with van der Waals surface area (Å²) in [5.74, 6) is -0.545. The fourth-order valence-corrected chi connectivity index (χ4v) is 5.60. The van der Waals surface area contributed by atoms with E-state index >= 15 is 4.39 Å². The normalized spacial score (nSPS) is 20.1. The molecule has 1 N–H and O–H groups in total. The van der Waals surface area contributed by atoms with Crippen molar-refractivity contribution in [1.82, 2.24) is 9.88 Å². The highest BCUT2D eigenvalue weighted by molar-refractivity contribution is 7.07. The lowest BCUT2D eigenvalue weighted by molar-refractivity contribution is -0.146. The molecule has 1 aliphatic rings. The Bertz CT molecular complexity index is 1060. The highest BCUT2D eigenvalue weighted by atomic mass is 32.1. The van der Waals surface area contributed by atoms with Crippen LogP contribution >= 0.6 is 11.3 Å². The predicted molar refractivity (Wildman–Crippen MR) is 130 cm³/mol. The van der Waals surface area contributed by atoms with Crippen LogP contribution in [0.2, 0.25) is 0 Å². The first-order valence-electron chi connectivity index (χ1n) is 11.6. The molecule has 7 heteroatoms. The molecule has 0 bridgehead atoms. The number of carboxylic acids is 1. The number of halogens is 1. The van der Waals surface area contributed by atoms with Crippen LogP contribution in [-0.2, 0) is 11.2 Å². The van der Waals surface area contributed by atoms with E-state index in [0.717, 1.165) is 43.3 Å². The molecule has 1 saturated heterocycles. The SMILES string of the molecule is COc1ccc2nccc([C@H](F)CC[C@@H]3CCN(CCCc4ccsc4)C[C@@H]3C(=O)O)c2c1. The Kier molecular flexibility index (Phi) is 7.93. The number of nitrogens with zero attached hydrogens (tertiary/aromatic N) is 2. The number of aliphatic carboxylic acids is 1. The molecule has 3 atom stereocenters. The largest absolute Gasteiger partial charge is 0.497 e. The van der Waals surface area contributed by atoms with Crippen molar-refractivity contribution >= 4 is 28.2 Å². The van der Waals surface area contributed by atoms with Crippen LogP contribution in [0.4, 0.5) is 4.39 Å². The quantitative estimate of drug-likeness (QED) is 0.409. The zero-order chi connectivity index (χ0) is 23.2. The molecule has 0 aliphatic carbocycles.